The molecule has 1 amide bonds. The van der Waals surface area contributed by atoms with E-state index in [1.54, 1.807) is 11.3 Å². The van der Waals surface area contributed by atoms with Crippen LogP contribution in [0, 0.1) is 5.92 Å². The molecule has 1 aliphatic rings. The largest absolute Gasteiger partial charge is 0.357 e. The van der Waals surface area contributed by atoms with Gasteiger partial charge in [0.1, 0.15) is 6.54 Å². The van der Waals surface area contributed by atoms with Gasteiger partial charge in [0.15, 0.2) is 5.96 Å². The van der Waals surface area contributed by atoms with E-state index in [1.165, 1.54) is 24.1 Å². The Balaban J connectivity index is 0.00000338. The van der Waals surface area contributed by atoms with Crippen molar-refractivity contribution in [2.75, 3.05) is 19.6 Å². The zero-order valence-electron chi connectivity index (χ0n) is 15.9. The highest BCUT2D eigenvalue weighted by Gasteiger charge is 2.15. The second-order valence-electron chi connectivity index (χ2n) is 6.87. The molecule has 1 saturated carbocycles. The Morgan fingerprint density at radius 2 is 2.08 bits per heavy atom. The van der Waals surface area contributed by atoms with Crippen molar-refractivity contribution in [3.05, 3.63) is 22.4 Å². The fourth-order valence-corrected chi connectivity index (χ4v) is 4.00. The van der Waals surface area contributed by atoms with Crippen LogP contribution in [0.5, 0.6) is 0 Å². The maximum Gasteiger partial charge on any atom is 0.242 e. The van der Waals surface area contributed by atoms with Crippen molar-refractivity contribution >= 4 is 47.2 Å². The van der Waals surface area contributed by atoms with Crippen LogP contribution in [0.1, 0.15) is 50.8 Å². The smallest absolute Gasteiger partial charge is 0.242 e. The molecule has 0 aliphatic heterocycles. The van der Waals surface area contributed by atoms with Gasteiger partial charge in [-0.3, -0.25) is 4.79 Å². The van der Waals surface area contributed by atoms with E-state index in [-0.39, 0.29) is 36.4 Å². The summed E-state index contributed by atoms with van der Waals surface area (Å²) in [5.74, 6) is 1.26. The van der Waals surface area contributed by atoms with Gasteiger partial charge in [-0.2, -0.15) is 0 Å². The maximum atomic E-state index is 12.1. The van der Waals surface area contributed by atoms with Gasteiger partial charge >= 0.3 is 0 Å². The van der Waals surface area contributed by atoms with E-state index in [4.69, 9.17) is 0 Å². The topological polar surface area (TPSA) is 65.5 Å². The molecule has 0 aromatic carbocycles. The Morgan fingerprint density at radius 1 is 1.31 bits per heavy atom. The van der Waals surface area contributed by atoms with E-state index in [2.05, 4.69) is 45.4 Å². The first-order valence-corrected chi connectivity index (χ1v) is 10.4. The lowest BCUT2D eigenvalue weighted by Gasteiger charge is -2.22. The van der Waals surface area contributed by atoms with Crippen LogP contribution in [0.25, 0.3) is 0 Å². The number of amides is 1. The second-order valence-corrected chi connectivity index (χ2v) is 7.90. The molecule has 2 rings (SSSR count). The average Bonchev–Trinajstić information content (AvgIpc) is 3.11. The van der Waals surface area contributed by atoms with Gasteiger partial charge in [0.05, 0.1) is 0 Å². The number of halogens is 1. The number of rotatable bonds is 8. The van der Waals surface area contributed by atoms with Crippen LogP contribution in [-0.2, 0) is 11.2 Å². The van der Waals surface area contributed by atoms with Gasteiger partial charge < -0.3 is 16.0 Å². The first kappa shape index (κ1) is 23.2. The molecule has 5 nitrogen and oxygen atoms in total. The molecule has 1 atom stereocenters. The fourth-order valence-electron chi connectivity index (χ4n) is 3.13. The van der Waals surface area contributed by atoms with Crippen molar-refractivity contribution in [2.45, 2.75) is 58.4 Å². The van der Waals surface area contributed by atoms with E-state index in [0.717, 1.165) is 38.3 Å². The molecule has 1 heterocycles. The van der Waals surface area contributed by atoms with Crippen LogP contribution in [0.3, 0.4) is 0 Å². The van der Waals surface area contributed by atoms with Gasteiger partial charge in [-0.1, -0.05) is 32.3 Å². The van der Waals surface area contributed by atoms with Crippen LogP contribution < -0.4 is 16.0 Å². The number of aliphatic imine (C=N–C) groups is 1. The molecule has 1 aromatic rings. The summed E-state index contributed by atoms with van der Waals surface area (Å²) >= 11 is 1.80. The highest BCUT2D eigenvalue weighted by Crippen LogP contribution is 2.17. The molecule has 26 heavy (non-hydrogen) atoms. The van der Waals surface area contributed by atoms with E-state index < -0.39 is 0 Å². The summed E-state index contributed by atoms with van der Waals surface area (Å²) in [5.41, 5.74) is 0. The van der Waals surface area contributed by atoms with Crippen molar-refractivity contribution in [1.29, 1.82) is 0 Å². The number of hydrogen-bond acceptors (Lipinski definition) is 3. The van der Waals surface area contributed by atoms with Crippen molar-refractivity contribution in [3.8, 4) is 0 Å². The van der Waals surface area contributed by atoms with E-state index in [1.807, 2.05) is 6.92 Å². The Bertz CT molecular complexity index is 530. The van der Waals surface area contributed by atoms with Crippen LogP contribution >= 0.6 is 35.3 Å². The monoisotopic (exact) mass is 492 g/mol. The molecule has 0 spiro atoms. The molecule has 0 saturated heterocycles. The molecular formula is C19H33IN4OS. The minimum absolute atomic E-state index is 0. The second kappa shape index (κ2) is 13.4. The molecule has 3 N–H and O–H groups in total. The molecule has 7 heteroatoms. The molecule has 1 aliphatic carbocycles. The van der Waals surface area contributed by atoms with Crippen molar-refractivity contribution in [2.24, 2.45) is 10.9 Å². The predicted molar refractivity (Wildman–Crippen MR) is 122 cm³/mol. The molecule has 0 bridgehead atoms. The minimum atomic E-state index is 0. The average molecular weight is 492 g/mol. The molecular weight excluding hydrogens is 459 g/mol. The van der Waals surface area contributed by atoms with Crippen molar-refractivity contribution in [3.63, 3.8) is 0 Å². The Morgan fingerprint density at radius 3 is 2.73 bits per heavy atom. The summed E-state index contributed by atoms with van der Waals surface area (Å²) in [5, 5.41) is 11.8. The lowest BCUT2D eigenvalue weighted by Crippen LogP contribution is -2.41. The van der Waals surface area contributed by atoms with Gasteiger partial charge in [0.2, 0.25) is 5.91 Å². The summed E-state index contributed by atoms with van der Waals surface area (Å²) in [4.78, 5) is 17.9. The highest BCUT2D eigenvalue weighted by molar-refractivity contribution is 14.0. The van der Waals surface area contributed by atoms with Gasteiger partial charge in [0, 0.05) is 24.0 Å². The summed E-state index contributed by atoms with van der Waals surface area (Å²) in [6.45, 7) is 6.08. The van der Waals surface area contributed by atoms with E-state index in [0.29, 0.717) is 12.0 Å². The first-order valence-electron chi connectivity index (χ1n) is 9.51. The van der Waals surface area contributed by atoms with Gasteiger partial charge in [-0.15, -0.1) is 35.3 Å². The number of carbonyl (C=O) groups excluding carboxylic acids is 1. The third kappa shape index (κ3) is 9.21. The number of thiophene rings is 1. The third-order valence-corrected chi connectivity index (χ3v) is 5.34. The van der Waals surface area contributed by atoms with Crippen LogP contribution in [0.4, 0.5) is 0 Å². The zero-order valence-corrected chi connectivity index (χ0v) is 19.1. The van der Waals surface area contributed by atoms with Crippen molar-refractivity contribution < 1.29 is 4.79 Å². The SMILES string of the molecule is CCNC(=NCC(=O)NC1CCCCC1)NCC(C)Cc1cccs1.I. The lowest BCUT2D eigenvalue weighted by atomic mass is 9.95. The van der Waals surface area contributed by atoms with Crippen molar-refractivity contribution in [1.82, 2.24) is 16.0 Å². The number of guanidine groups is 1. The van der Waals surface area contributed by atoms with Gasteiger partial charge in [0.25, 0.3) is 0 Å². The summed E-state index contributed by atoms with van der Waals surface area (Å²) < 4.78 is 0. The van der Waals surface area contributed by atoms with Gasteiger partial charge in [-0.05, 0) is 43.6 Å². The first-order chi connectivity index (χ1) is 12.2. The Labute approximate surface area is 178 Å². The van der Waals surface area contributed by atoms with Gasteiger partial charge in [-0.25, -0.2) is 4.99 Å². The standard InChI is InChI=1S/C19H32N4OS.HI/c1-3-20-19(21-13-15(2)12-17-10-7-11-25-17)22-14-18(24)23-16-8-5-4-6-9-16;/h7,10-11,15-16H,3-6,8-9,12-14H2,1-2H3,(H,23,24)(H2,20,21,22);1H. The van der Waals surface area contributed by atoms with Crippen LogP contribution in [-0.4, -0.2) is 37.5 Å². The lowest BCUT2D eigenvalue weighted by molar-refractivity contribution is -0.120. The summed E-state index contributed by atoms with van der Waals surface area (Å²) in [6.07, 6.45) is 7.01. The fraction of sp³-hybridized carbons (Fsp3) is 0.684. The maximum absolute atomic E-state index is 12.1. The number of hydrogen-bond donors (Lipinski definition) is 3. The van der Waals surface area contributed by atoms with Crippen LogP contribution in [0.2, 0.25) is 0 Å². The minimum Gasteiger partial charge on any atom is -0.357 e. The Kier molecular flexibility index (Phi) is 11.9. The summed E-state index contributed by atoms with van der Waals surface area (Å²) in [6, 6.07) is 4.62. The third-order valence-electron chi connectivity index (χ3n) is 4.44. The number of nitrogens with one attached hydrogen (secondary N) is 3. The highest BCUT2D eigenvalue weighted by atomic mass is 127. The number of nitrogens with zero attached hydrogens (tertiary/aromatic N) is 1. The molecule has 1 unspecified atom stereocenters. The molecule has 1 fully saturated rings. The zero-order chi connectivity index (χ0) is 17.9. The number of carbonyl (C=O) groups is 1. The van der Waals surface area contributed by atoms with E-state index >= 15 is 0 Å². The quantitative estimate of drug-likeness (QED) is 0.296. The molecule has 148 valence electrons. The summed E-state index contributed by atoms with van der Waals surface area (Å²) in [7, 11) is 0. The predicted octanol–water partition coefficient (Wildman–Crippen LogP) is 3.55. The molecule has 1 aromatic heterocycles. The van der Waals surface area contributed by atoms with E-state index in [9.17, 15) is 4.79 Å². The van der Waals surface area contributed by atoms with Crippen LogP contribution in [0.15, 0.2) is 22.5 Å². The molecule has 0 radical (unpaired) electrons. The Hall–Kier alpha value is -0.830. The normalized spacial score (nSPS) is 16.5.